The molecule has 0 saturated carbocycles. The summed E-state index contributed by atoms with van der Waals surface area (Å²) in [6.45, 7) is 1.97. The predicted octanol–water partition coefficient (Wildman–Crippen LogP) is 6.61. The zero-order valence-corrected chi connectivity index (χ0v) is 16.0. The van der Waals surface area contributed by atoms with Crippen LogP contribution in [0.1, 0.15) is 18.1 Å². The molecule has 0 aliphatic rings. The Balaban J connectivity index is 1.92. The number of carbonyl (C=O) groups excluding carboxylic acids is 1. The number of ether oxygens (including phenoxy) is 2. The van der Waals surface area contributed by atoms with Crippen molar-refractivity contribution in [1.82, 2.24) is 0 Å². The van der Waals surface area contributed by atoms with Crippen LogP contribution in [-0.4, -0.2) is 12.6 Å². The van der Waals surface area contributed by atoms with Crippen molar-refractivity contribution in [2.24, 2.45) is 0 Å². The molecule has 0 unspecified atom stereocenters. The number of rotatable bonds is 5. The van der Waals surface area contributed by atoms with Crippen molar-refractivity contribution in [1.29, 1.82) is 0 Å². The molecule has 3 aromatic rings. The van der Waals surface area contributed by atoms with Crippen LogP contribution in [-0.2, 0) is 22.1 Å². The van der Waals surface area contributed by atoms with Gasteiger partial charge in [0.1, 0.15) is 5.75 Å². The summed E-state index contributed by atoms with van der Waals surface area (Å²) < 4.78 is 63.6. The first-order valence-corrected chi connectivity index (χ1v) is 9.34. The largest absolute Gasteiger partial charge is 0.466 e. The Labute approximate surface area is 166 Å². The van der Waals surface area contributed by atoms with Crippen LogP contribution in [0.25, 0.3) is 10.1 Å². The number of halogens is 5. The highest BCUT2D eigenvalue weighted by Crippen LogP contribution is 2.39. The van der Waals surface area contributed by atoms with E-state index in [1.165, 1.54) is 11.3 Å². The van der Waals surface area contributed by atoms with Gasteiger partial charge in [-0.05, 0) is 53.6 Å². The van der Waals surface area contributed by atoms with Gasteiger partial charge >= 0.3 is 12.1 Å². The molecule has 3 nitrogen and oxygen atoms in total. The Hall–Kier alpha value is -2.32. The van der Waals surface area contributed by atoms with Gasteiger partial charge in [-0.2, -0.15) is 13.2 Å². The van der Waals surface area contributed by atoms with E-state index in [0.717, 1.165) is 4.70 Å². The summed E-state index contributed by atoms with van der Waals surface area (Å²) in [4.78, 5) is 11.7. The van der Waals surface area contributed by atoms with E-state index in [9.17, 15) is 22.4 Å². The zero-order valence-electron chi connectivity index (χ0n) is 14.4. The normalized spacial score (nSPS) is 11.6. The van der Waals surface area contributed by atoms with Gasteiger partial charge in [0.15, 0.2) is 11.6 Å². The number of alkyl halides is 3. The molecule has 0 bridgehead atoms. The second-order valence-corrected chi connectivity index (χ2v) is 7.09. The van der Waals surface area contributed by atoms with Crippen LogP contribution in [0, 0.1) is 5.82 Å². The number of fused-ring (bicyclic) bond motifs is 1. The fourth-order valence-corrected chi connectivity index (χ4v) is 3.76. The van der Waals surface area contributed by atoms with E-state index in [1.807, 2.05) is 0 Å². The van der Waals surface area contributed by atoms with E-state index in [4.69, 9.17) is 21.1 Å². The van der Waals surface area contributed by atoms with E-state index in [2.05, 4.69) is 0 Å². The summed E-state index contributed by atoms with van der Waals surface area (Å²) in [5.74, 6) is -1.94. The van der Waals surface area contributed by atoms with Crippen LogP contribution >= 0.6 is 22.9 Å². The van der Waals surface area contributed by atoms with Gasteiger partial charge in [0.25, 0.3) is 0 Å². The highest BCUT2D eigenvalue weighted by Gasteiger charge is 2.32. The average Bonchev–Trinajstić information content (AvgIpc) is 2.99. The van der Waals surface area contributed by atoms with Crippen molar-refractivity contribution < 1.29 is 31.8 Å². The molecule has 0 amide bonds. The highest BCUT2D eigenvalue weighted by atomic mass is 35.5. The van der Waals surface area contributed by atoms with Gasteiger partial charge < -0.3 is 9.47 Å². The Morgan fingerprint density at radius 3 is 2.61 bits per heavy atom. The lowest BCUT2D eigenvalue weighted by Crippen LogP contribution is -2.07. The fraction of sp³-hybridized carbons (Fsp3) is 0.211. The number of hydrogen-bond acceptors (Lipinski definition) is 4. The van der Waals surface area contributed by atoms with Crippen molar-refractivity contribution in [3.63, 3.8) is 0 Å². The third kappa shape index (κ3) is 4.39. The number of carbonyl (C=O) groups is 1. The maximum absolute atomic E-state index is 14.1. The molecule has 1 heterocycles. The SMILES string of the molecule is CCOC(=O)Cc1csc2ccc(Oc3c(F)cc(C(F)(F)F)cc3Cl)cc12. The molecule has 148 valence electrons. The maximum atomic E-state index is 14.1. The summed E-state index contributed by atoms with van der Waals surface area (Å²) >= 11 is 7.21. The second-order valence-electron chi connectivity index (χ2n) is 5.77. The van der Waals surface area contributed by atoms with Crippen molar-refractivity contribution in [2.75, 3.05) is 6.61 Å². The zero-order chi connectivity index (χ0) is 20.5. The first kappa shape index (κ1) is 20.4. The molecule has 0 spiro atoms. The molecule has 0 aliphatic carbocycles. The van der Waals surface area contributed by atoms with E-state index in [-0.39, 0.29) is 24.7 Å². The summed E-state index contributed by atoms with van der Waals surface area (Å²) in [6, 6.07) is 5.76. The molecule has 0 atom stereocenters. The molecule has 3 rings (SSSR count). The lowest BCUT2D eigenvalue weighted by atomic mass is 10.1. The Kier molecular flexibility index (Phi) is 5.81. The summed E-state index contributed by atoms with van der Waals surface area (Å²) in [7, 11) is 0. The van der Waals surface area contributed by atoms with Crippen LogP contribution < -0.4 is 4.74 Å². The van der Waals surface area contributed by atoms with Gasteiger partial charge in [-0.25, -0.2) is 4.39 Å². The third-order valence-electron chi connectivity index (χ3n) is 3.81. The van der Waals surface area contributed by atoms with Gasteiger partial charge in [0, 0.05) is 4.70 Å². The number of thiophene rings is 1. The van der Waals surface area contributed by atoms with Crippen LogP contribution in [0.2, 0.25) is 5.02 Å². The van der Waals surface area contributed by atoms with E-state index in [0.29, 0.717) is 23.1 Å². The Morgan fingerprint density at radius 2 is 1.96 bits per heavy atom. The molecule has 0 saturated heterocycles. The van der Waals surface area contributed by atoms with Gasteiger partial charge in [-0.3, -0.25) is 4.79 Å². The van der Waals surface area contributed by atoms with Crippen molar-refractivity contribution in [2.45, 2.75) is 19.5 Å². The number of esters is 1. The average molecular weight is 433 g/mol. The minimum atomic E-state index is -4.72. The van der Waals surface area contributed by atoms with E-state index >= 15 is 0 Å². The molecule has 9 heteroatoms. The minimum absolute atomic E-state index is 0.0622. The highest BCUT2D eigenvalue weighted by molar-refractivity contribution is 7.17. The first-order chi connectivity index (χ1) is 13.2. The maximum Gasteiger partial charge on any atom is 0.416 e. The molecule has 0 N–H and O–H groups in total. The summed E-state index contributed by atoms with van der Waals surface area (Å²) in [5.41, 5.74) is -0.491. The van der Waals surface area contributed by atoms with Crippen LogP contribution in [0.15, 0.2) is 35.7 Å². The molecule has 28 heavy (non-hydrogen) atoms. The van der Waals surface area contributed by atoms with Gasteiger partial charge in [0.2, 0.25) is 0 Å². The Bertz CT molecular complexity index is 1010. The van der Waals surface area contributed by atoms with Gasteiger partial charge in [0.05, 0.1) is 23.6 Å². The standard InChI is InChI=1S/C19H13ClF4O3S/c1-2-26-17(25)5-10-9-28-16-4-3-12(8-13(10)16)27-18-14(20)6-11(7-15(18)21)19(22,23)24/h3-4,6-9H,2,5H2,1H3. The molecule has 1 aromatic heterocycles. The number of benzene rings is 2. The second kappa shape index (κ2) is 7.97. The molecule has 2 aromatic carbocycles. The van der Waals surface area contributed by atoms with Gasteiger partial charge in [-0.15, -0.1) is 11.3 Å². The van der Waals surface area contributed by atoms with Crippen LogP contribution in [0.3, 0.4) is 0 Å². The molecular formula is C19H13ClF4O3S. The molecule has 0 aliphatic heterocycles. The smallest absolute Gasteiger partial charge is 0.416 e. The summed E-state index contributed by atoms with van der Waals surface area (Å²) in [6.07, 6.45) is -4.66. The quantitative estimate of drug-likeness (QED) is 0.336. The molecular weight excluding hydrogens is 420 g/mol. The van der Waals surface area contributed by atoms with E-state index in [1.54, 1.807) is 30.5 Å². The minimum Gasteiger partial charge on any atom is -0.466 e. The van der Waals surface area contributed by atoms with Crippen molar-refractivity contribution >= 4 is 39.0 Å². The van der Waals surface area contributed by atoms with Crippen LogP contribution in [0.5, 0.6) is 11.5 Å². The predicted molar refractivity (Wildman–Crippen MR) is 98.6 cm³/mol. The monoisotopic (exact) mass is 432 g/mol. The van der Waals surface area contributed by atoms with Crippen molar-refractivity contribution in [3.05, 3.63) is 57.7 Å². The molecule has 0 radical (unpaired) electrons. The number of hydrogen-bond donors (Lipinski definition) is 0. The van der Waals surface area contributed by atoms with Crippen LogP contribution in [0.4, 0.5) is 17.6 Å². The fourth-order valence-electron chi connectivity index (χ4n) is 2.57. The molecule has 0 fully saturated rings. The van der Waals surface area contributed by atoms with E-state index < -0.39 is 28.3 Å². The topological polar surface area (TPSA) is 35.5 Å². The lowest BCUT2D eigenvalue weighted by Gasteiger charge is -2.12. The lowest BCUT2D eigenvalue weighted by molar-refractivity contribution is -0.142. The third-order valence-corrected chi connectivity index (χ3v) is 5.10. The van der Waals surface area contributed by atoms with Gasteiger partial charge in [-0.1, -0.05) is 11.6 Å². The Morgan fingerprint density at radius 1 is 1.21 bits per heavy atom. The first-order valence-electron chi connectivity index (χ1n) is 8.09. The summed E-state index contributed by atoms with van der Waals surface area (Å²) in [5, 5.41) is 2.01. The van der Waals surface area contributed by atoms with Crippen molar-refractivity contribution in [3.8, 4) is 11.5 Å².